The molecule has 1 saturated carbocycles. The molecular weight excluding hydrogens is 480 g/mol. The van der Waals surface area contributed by atoms with Crippen LogP contribution >= 0.6 is 0 Å². The van der Waals surface area contributed by atoms with Crippen LogP contribution in [0.1, 0.15) is 43.2 Å². The van der Waals surface area contributed by atoms with Crippen LogP contribution in [0, 0.1) is 37.3 Å². The van der Waals surface area contributed by atoms with Gasteiger partial charge in [-0.1, -0.05) is 18.9 Å². The fraction of sp³-hybridized carbons (Fsp3) is 0.458. The zero-order chi connectivity index (χ0) is 25.8. The topological polar surface area (TPSA) is 131 Å². The number of aryl methyl sites for hydroxylation is 2. The summed E-state index contributed by atoms with van der Waals surface area (Å²) in [5.41, 5.74) is 8.82. The quantitative estimate of drug-likeness (QED) is 0.300. The van der Waals surface area contributed by atoms with Crippen LogP contribution in [-0.4, -0.2) is 32.1 Å². The highest BCUT2D eigenvalue weighted by Crippen LogP contribution is 2.33. The Hall–Kier alpha value is -2.60. The average Bonchev–Trinajstić information content (AvgIpc) is 2.80. The first-order chi connectivity index (χ1) is 16.5. The van der Waals surface area contributed by atoms with Crippen LogP contribution < -0.4 is 20.7 Å². The number of rotatable bonds is 9. The fourth-order valence-electron chi connectivity index (χ4n) is 4.48. The van der Waals surface area contributed by atoms with Gasteiger partial charge < -0.3 is 10.5 Å². The number of nitrogens with two attached hydrogens (primary N) is 1. The molecule has 0 aliphatic heterocycles. The molecule has 0 spiro atoms. The number of hydroxylamine groups is 1. The van der Waals surface area contributed by atoms with E-state index < -0.39 is 44.3 Å². The van der Waals surface area contributed by atoms with E-state index in [-0.39, 0.29) is 18.1 Å². The summed E-state index contributed by atoms with van der Waals surface area (Å²) in [6.07, 6.45) is 3.36. The number of carbonyl (C=O) groups is 1. The minimum atomic E-state index is -4.51. The highest BCUT2D eigenvalue weighted by atomic mass is 32.2. The van der Waals surface area contributed by atoms with Gasteiger partial charge in [0, 0.05) is 0 Å². The van der Waals surface area contributed by atoms with Gasteiger partial charge in [0.1, 0.15) is 11.8 Å². The number of hydrogen-bond acceptors (Lipinski definition) is 6. The standard InChI is InChI=1S/C24H31F2N3O5S/c1-14-7-15(2)9-18(8-14)34-23-20(25)11-19(12-21(23)26)35(32,33)29-22(24(30)28-31)10-16-3-5-17(13-27)6-4-16/h7-9,11-12,16-17,22,29,31H,3-6,10,13,27H2,1-2H3,(H,28,30). The second-order valence-electron chi connectivity index (χ2n) is 9.15. The lowest BCUT2D eigenvalue weighted by atomic mass is 9.79. The number of carbonyl (C=O) groups excluding carboxylic acids is 1. The Kier molecular flexibility index (Phi) is 8.81. The third-order valence-electron chi connectivity index (χ3n) is 6.29. The fourth-order valence-corrected chi connectivity index (χ4v) is 5.71. The third kappa shape index (κ3) is 6.97. The van der Waals surface area contributed by atoms with Crippen LogP contribution in [0.25, 0.3) is 0 Å². The minimum absolute atomic E-state index is 0.0323. The van der Waals surface area contributed by atoms with Crippen LogP contribution in [0.4, 0.5) is 8.78 Å². The maximum Gasteiger partial charge on any atom is 0.261 e. The normalized spacial score (nSPS) is 19.3. The van der Waals surface area contributed by atoms with Crippen molar-refractivity contribution in [3.05, 3.63) is 53.1 Å². The molecule has 1 amide bonds. The van der Waals surface area contributed by atoms with Crippen LogP contribution in [0.3, 0.4) is 0 Å². The summed E-state index contributed by atoms with van der Waals surface area (Å²) in [7, 11) is -4.51. The van der Waals surface area contributed by atoms with E-state index in [1.165, 1.54) is 5.48 Å². The van der Waals surface area contributed by atoms with E-state index in [1.807, 2.05) is 6.07 Å². The molecule has 3 rings (SSSR count). The van der Waals surface area contributed by atoms with Crippen molar-refractivity contribution in [3.8, 4) is 11.5 Å². The molecule has 11 heteroatoms. The van der Waals surface area contributed by atoms with Gasteiger partial charge in [-0.2, -0.15) is 4.72 Å². The van der Waals surface area contributed by atoms with Crippen molar-refractivity contribution < 1.29 is 31.9 Å². The number of halogens is 2. The molecule has 0 bridgehead atoms. The van der Waals surface area contributed by atoms with E-state index in [2.05, 4.69) is 4.72 Å². The molecule has 1 atom stereocenters. The van der Waals surface area contributed by atoms with Gasteiger partial charge in [-0.05, 0) is 86.9 Å². The van der Waals surface area contributed by atoms with E-state index in [0.29, 0.717) is 24.6 Å². The molecule has 5 N–H and O–H groups in total. The van der Waals surface area contributed by atoms with E-state index in [4.69, 9.17) is 15.7 Å². The van der Waals surface area contributed by atoms with Crippen molar-refractivity contribution in [1.29, 1.82) is 0 Å². The number of sulfonamides is 1. The monoisotopic (exact) mass is 511 g/mol. The van der Waals surface area contributed by atoms with Gasteiger partial charge in [0.05, 0.1) is 4.90 Å². The molecule has 2 aromatic carbocycles. The average molecular weight is 512 g/mol. The Labute approximate surface area is 203 Å². The number of ether oxygens (including phenoxy) is 1. The number of hydrogen-bond donors (Lipinski definition) is 4. The Morgan fingerprint density at radius 1 is 1.06 bits per heavy atom. The van der Waals surface area contributed by atoms with Crippen LogP contribution in [-0.2, 0) is 14.8 Å². The molecule has 8 nitrogen and oxygen atoms in total. The predicted octanol–water partition coefficient (Wildman–Crippen LogP) is 3.68. The first kappa shape index (κ1) is 27.0. The molecule has 2 aromatic rings. The molecule has 192 valence electrons. The number of amides is 1. The van der Waals surface area contributed by atoms with Crippen LogP contribution in [0.5, 0.6) is 11.5 Å². The maximum atomic E-state index is 14.7. The second kappa shape index (κ2) is 11.4. The third-order valence-corrected chi connectivity index (χ3v) is 7.74. The summed E-state index contributed by atoms with van der Waals surface area (Å²) >= 11 is 0. The highest BCUT2D eigenvalue weighted by Gasteiger charge is 2.31. The highest BCUT2D eigenvalue weighted by molar-refractivity contribution is 7.89. The largest absolute Gasteiger partial charge is 0.451 e. The van der Waals surface area contributed by atoms with Gasteiger partial charge in [0.25, 0.3) is 5.91 Å². The van der Waals surface area contributed by atoms with Gasteiger partial charge in [0.2, 0.25) is 10.0 Å². The van der Waals surface area contributed by atoms with Crippen molar-refractivity contribution in [3.63, 3.8) is 0 Å². The summed E-state index contributed by atoms with van der Waals surface area (Å²) in [5, 5.41) is 9.10. The second-order valence-corrected chi connectivity index (χ2v) is 10.9. The van der Waals surface area contributed by atoms with Gasteiger partial charge >= 0.3 is 0 Å². The van der Waals surface area contributed by atoms with Gasteiger partial charge in [-0.15, -0.1) is 0 Å². The molecule has 1 aliphatic carbocycles. The van der Waals surface area contributed by atoms with E-state index in [0.717, 1.165) is 36.8 Å². The summed E-state index contributed by atoms with van der Waals surface area (Å²) in [6, 6.07) is 4.99. The molecule has 0 heterocycles. The van der Waals surface area contributed by atoms with Crippen LogP contribution in [0.2, 0.25) is 0 Å². The SMILES string of the molecule is Cc1cc(C)cc(Oc2c(F)cc(S(=O)(=O)NC(CC3CCC(CN)CC3)C(=O)NO)cc2F)c1. The van der Waals surface area contributed by atoms with Crippen molar-refractivity contribution in [2.24, 2.45) is 17.6 Å². The van der Waals surface area contributed by atoms with Gasteiger partial charge in [0.15, 0.2) is 17.4 Å². The zero-order valence-electron chi connectivity index (χ0n) is 19.7. The minimum Gasteiger partial charge on any atom is -0.451 e. The van der Waals surface area contributed by atoms with Gasteiger partial charge in [-0.3, -0.25) is 10.0 Å². The summed E-state index contributed by atoms with van der Waals surface area (Å²) in [6.45, 7) is 4.17. The lowest BCUT2D eigenvalue weighted by Gasteiger charge is -2.30. The van der Waals surface area contributed by atoms with E-state index >= 15 is 0 Å². The predicted molar refractivity (Wildman–Crippen MR) is 126 cm³/mol. The maximum absolute atomic E-state index is 14.7. The van der Waals surface area contributed by atoms with Crippen molar-refractivity contribution in [1.82, 2.24) is 10.2 Å². The van der Waals surface area contributed by atoms with Gasteiger partial charge in [-0.25, -0.2) is 22.7 Å². The molecular formula is C24H31F2N3O5S. The molecule has 0 saturated heterocycles. The first-order valence-electron chi connectivity index (χ1n) is 11.4. The number of benzene rings is 2. The lowest BCUT2D eigenvalue weighted by Crippen LogP contribution is -2.47. The Morgan fingerprint density at radius 3 is 2.11 bits per heavy atom. The first-order valence-corrected chi connectivity index (χ1v) is 12.9. The van der Waals surface area contributed by atoms with Crippen LogP contribution in [0.15, 0.2) is 35.2 Å². The Balaban J connectivity index is 1.79. The molecule has 1 aliphatic rings. The van der Waals surface area contributed by atoms with E-state index in [9.17, 15) is 22.0 Å². The number of nitrogens with one attached hydrogen (secondary N) is 2. The Bertz CT molecular complexity index is 1120. The molecule has 0 radical (unpaired) electrons. The summed E-state index contributed by atoms with van der Waals surface area (Å²) in [5.74, 6) is -3.49. The lowest BCUT2D eigenvalue weighted by molar-refractivity contribution is -0.131. The molecule has 35 heavy (non-hydrogen) atoms. The Morgan fingerprint density at radius 2 is 1.60 bits per heavy atom. The zero-order valence-corrected chi connectivity index (χ0v) is 20.5. The van der Waals surface area contributed by atoms with Crippen molar-refractivity contribution >= 4 is 15.9 Å². The summed E-state index contributed by atoms with van der Waals surface area (Å²) < 4.78 is 62.8. The smallest absolute Gasteiger partial charge is 0.261 e. The molecule has 0 aromatic heterocycles. The van der Waals surface area contributed by atoms with Crippen molar-refractivity contribution in [2.45, 2.75) is 56.9 Å². The van der Waals surface area contributed by atoms with E-state index in [1.54, 1.807) is 26.0 Å². The molecule has 1 unspecified atom stereocenters. The molecule has 1 fully saturated rings. The summed E-state index contributed by atoms with van der Waals surface area (Å²) in [4.78, 5) is 11.5. The van der Waals surface area contributed by atoms with Crippen molar-refractivity contribution in [2.75, 3.05) is 6.54 Å².